The lowest BCUT2D eigenvalue weighted by Gasteiger charge is -2.13. The second-order valence-corrected chi connectivity index (χ2v) is 6.20. The number of alkyl halides is 2. The largest absolute Gasteiger partial charge is 0.488 e. The maximum atomic E-state index is 13.0. The van der Waals surface area contributed by atoms with Crippen LogP contribution in [0.15, 0.2) is 55.0 Å². The lowest BCUT2D eigenvalue weighted by atomic mass is 9.78. The summed E-state index contributed by atoms with van der Waals surface area (Å²) in [5, 5.41) is 31.7. The molecule has 2 heterocycles. The van der Waals surface area contributed by atoms with Crippen LogP contribution in [-0.2, 0) is 0 Å². The third kappa shape index (κ3) is 3.19. The highest BCUT2D eigenvalue weighted by atomic mass is 19.3. The zero-order chi connectivity index (χ0) is 19.8. The van der Waals surface area contributed by atoms with Gasteiger partial charge >= 0.3 is 7.12 Å². The van der Waals surface area contributed by atoms with Gasteiger partial charge in [-0.1, -0.05) is 18.2 Å². The first-order valence-corrected chi connectivity index (χ1v) is 8.28. The monoisotopic (exact) mass is 381 g/mol. The molecular formula is C18H14BF2N5O2. The molecule has 4 rings (SSSR count). The van der Waals surface area contributed by atoms with Gasteiger partial charge in [-0.15, -0.1) is 0 Å². The molecule has 0 saturated heterocycles. The first-order valence-electron chi connectivity index (χ1n) is 8.28. The fraction of sp³-hybridized carbons (Fsp3) is 0.0556. The first kappa shape index (κ1) is 18.0. The third-order valence-corrected chi connectivity index (χ3v) is 4.40. The smallest absolute Gasteiger partial charge is 0.423 e. The topological polar surface area (TPSA) is 110 Å². The van der Waals surface area contributed by atoms with E-state index in [9.17, 15) is 18.8 Å². The predicted molar refractivity (Wildman–Crippen MR) is 101 cm³/mol. The molecule has 2 aromatic carbocycles. The van der Waals surface area contributed by atoms with Crippen molar-refractivity contribution in [2.45, 2.75) is 6.43 Å². The third-order valence-electron chi connectivity index (χ3n) is 4.40. The maximum Gasteiger partial charge on any atom is 0.488 e. The number of benzene rings is 2. The van der Waals surface area contributed by atoms with Crippen LogP contribution in [0.25, 0.3) is 27.7 Å². The minimum absolute atomic E-state index is 0.214. The molecule has 0 atom stereocenters. The minimum atomic E-state index is -2.64. The van der Waals surface area contributed by atoms with E-state index < -0.39 is 13.5 Å². The van der Waals surface area contributed by atoms with Crippen LogP contribution >= 0.6 is 0 Å². The fourth-order valence-electron chi connectivity index (χ4n) is 2.98. The highest BCUT2D eigenvalue weighted by Crippen LogP contribution is 2.30. The number of fused-ring (bicyclic) bond motifs is 1. The van der Waals surface area contributed by atoms with Gasteiger partial charge in [0, 0.05) is 17.1 Å². The van der Waals surface area contributed by atoms with E-state index >= 15 is 0 Å². The molecule has 0 saturated carbocycles. The Morgan fingerprint density at radius 2 is 1.89 bits per heavy atom. The summed E-state index contributed by atoms with van der Waals surface area (Å²) in [6.07, 6.45) is 1.13. The van der Waals surface area contributed by atoms with Crippen molar-refractivity contribution in [3.8, 4) is 16.8 Å². The van der Waals surface area contributed by atoms with E-state index in [-0.39, 0.29) is 11.0 Å². The first-order chi connectivity index (χ1) is 13.4. The summed E-state index contributed by atoms with van der Waals surface area (Å²) in [7, 11) is -1.68. The van der Waals surface area contributed by atoms with E-state index in [4.69, 9.17) is 5.73 Å². The van der Waals surface area contributed by atoms with E-state index in [0.717, 1.165) is 11.6 Å². The number of anilines is 1. The molecule has 4 aromatic rings. The van der Waals surface area contributed by atoms with Crippen molar-refractivity contribution in [3.63, 3.8) is 0 Å². The predicted octanol–water partition coefficient (Wildman–Crippen LogP) is 1.68. The molecule has 0 fully saturated rings. The van der Waals surface area contributed by atoms with Gasteiger partial charge in [0.2, 0.25) is 0 Å². The highest BCUT2D eigenvalue weighted by Gasteiger charge is 2.18. The van der Waals surface area contributed by atoms with Crippen molar-refractivity contribution in [3.05, 3.63) is 60.6 Å². The Hall–Kier alpha value is -3.37. The van der Waals surface area contributed by atoms with E-state index in [1.807, 2.05) is 0 Å². The molecule has 0 amide bonds. The summed E-state index contributed by atoms with van der Waals surface area (Å²) in [6.45, 7) is 0. The summed E-state index contributed by atoms with van der Waals surface area (Å²) in [5.74, 6) is 0. The SMILES string of the molecule is Nc1cnnc2cc(-c3cc(B(O)O)ccc3-n3cc(C(F)F)cn3)ccc12. The van der Waals surface area contributed by atoms with Gasteiger partial charge in [0.1, 0.15) is 0 Å². The zero-order valence-corrected chi connectivity index (χ0v) is 14.4. The molecule has 0 aliphatic carbocycles. The summed E-state index contributed by atoms with van der Waals surface area (Å²) in [4.78, 5) is 0. The molecule has 7 nitrogen and oxygen atoms in total. The van der Waals surface area contributed by atoms with Crippen LogP contribution in [-0.4, -0.2) is 37.1 Å². The number of rotatable bonds is 4. The van der Waals surface area contributed by atoms with Crippen LogP contribution in [0.4, 0.5) is 14.5 Å². The molecule has 10 heteroatoms. The Kier molecular flexibility index (Phi) is 4.50. The van der Waals surface area contributed by atoms with Gasteiger partial charge in [-0.25, -0.2) is 13.5 Å². The molecule has 0 unspecified atom stereocenters. The Balaban J connectivity index is 1.91. The molecule has 0 spiro atoms. The molecule has 140 valence electrons. The molecular weight excluding hydrogens is 367 g/mol. The summed E-state index contributed by atoms with van der Waals surface area (Å²) >= 11 is 0. The van der Waals surface area contributed by atoms with Crippen LogP contribution in [0.3, 0.4) is 0 Å². The van der Waals surface area contributed by atoms with Crippen LogP contribution in [0.2, 0.25) is 0 Å². The molecule has 28 heavy (non-hydrogen) atoms. The number of hydrogen-bond donors (Lipinski definition) is 3. The number of aromatic nitrogens is 4. The van der Waals surface area contributed by atoms with Gasteiger partial charge in [-0.05, 0) is 29.2 Å². The number of halogens is 2. The number of hydrogen-bond acceptors (Lipinski definition) is 6. The Morgan fingerprint density at radius 3 is 2.61 bits per heavy atom. The second kappa shape index (κ2) is 6.99. The summed E-state index contributed by atoms with van der Waals surface area (Å²) in [6, 6.07) is 9.93. The maximum absolute atomic E-state index is 13.0. The molecule has 2 aromatic heterocycles. The van der Waals surface area contributed by atoms with Gasteiger partial charge in [0.25, 0.3) is 6.43 Å². The van der Waals surface area contributed by atoms with Gasteiger partial charge in [0.05, 0.1) is 34.8 Å². The Bertz CT molecular complexity index is 1170. The average Bonchev–Trinajstić information content (AvgIpc) is 3.18. The molecule has 0 bridgehead atoms. The lowest BCUT2D eigenvalue weighted by molar-refractivity contribution is 0.151. The second-order valence-electron chi connectivity index (χ2n) is 6.20. The van der Waals surface area contributed by atoms with Crippen molar-refractivity contribution in [1.82, 2.24) is 20.0 Å². The van der Waals surface area contributed by atoms with E-state index in [1.165, 1.54) is 23.1 Å². The molecule has 0 aliphatic heterocycles. The quantitative estimate of drug-likeness (QED) is 0.464. The normalized spacial score (nSPS) is 11.3. The Morgan fingerprint density at radius 1 is 1.07 bits per heavy atom. The molecule has 0 aliphatic rings. The van der Waals surface area contributed by atoms with E-state index in [1.54, 1.807) is 30.3 Å². The van der Waals surface area contributed by atoms with Crippen LogP contribution in [0.1, 0.15) is 12.0 Å². The number of nitrogens with two attached hydrogens (primary N) is 1. The number of nitrogens with zero attached hydrogens (tertiary/aromatic N) is 4. The van der Waals surface area contributed by atoms with Crippen molar-refractivity contribution >= 4 is 29.2 Å². The van der Waals surface area contributed by atoms with Gasteiger partial charge in [-0.3, -0.25) is 0 Å². The van der Waals surface area contributed by atoms with Crippen LogP contribution in [0, 0.1) is 0 Å². The summed E-state index contributed by atoms with van der Waals surface area (Å²) in [5.41, 5.74) is 8.68. The van der Waals surface area contributed by atoms with Crippen molar-refractivity contribution in [2.75, 3.05) is 5.73 Å². The fourth-order valence-corrected chi connectivity index (χ4v) is 2.98. The van der Waals surface area contributed by atoms with Crippen LogP contribution in [0.5, 0.6) is 0 Å². The zero-order valence-electron chi connectivity index (χ0n) is 14.4. The summed E-state index contributed by atoms with van der Waals surface area (Å²) < 4.78 is 27.2. The Labute approximate surface area is 158 Å². The van der Waals surface area contributed by atoms with Gasteiger partial charge in [-0.2, -0.15) is 15.3 Å². The van der Waals surface area contributed by atoms with Crippen molar-refractivity contribution in [1.29, 1.82) is 0 Å². The van der Waals surface area contributed by atoms with Crippen LogP contribution < -0.4 is 11.2 Å². The van der Waals surface area contributed by atoms with Gasteiger partial charge in [0.15, 0.2) is 0 Å². The highest BCUT2D eigenvalue weighted by molar-refractivity contribution is 6.58. The average molecular weight is 381 g/mol. The van der Waals surface area contributed by atoms with Crippen molar-refractivity contribution in [2.24, 2.45) is 0 Å². The number of nitrogen functional groups attached to an aromatic ring is 1. The lowest BCUT2D eigenvalue weighted by Crippen LogP contribution is -2.30. The van der Waals surface area contributed by atoms with E-state index in [0.29, 0.717) is 28.0 Å². The van der Waals surface area contributed by atoms with Gasteiger partial charge < -0.3 is 15.8 Å². The molecule has 0 radical (unpaired) electrons. The molecule has 4 N–H and O–H groups in total. The van der Waals surface area contributed by atoms with Crippen molar-refractivity contribution < 1.29 is 18.8 Å². The minimum Gasteiger partial charge on any atom is -0.423 e. The van der Waals surface area contributed by atoms with E-state index in [2.05, 4.69) is 15.3 Å². The standard InChI is InChI=1S/C18H14BF2N5O2/c20-18(21)11-7-24-26(9-11)17-4-2-12(19(27)28)6-14(17)10-1-3-13-15(22)8-23-25-16(13)5-10/h1-9,18,27-28H,(H2,22,25).